The zero-order chi connectivity index (χ0) is 17.4. The molecule has 1 saturated heterocycles. The van der Waals surface area contributed by atoms with Gasteiger partial charge in [-0.15, -0.1) is 5.10 Å². The van der Waals surface area contributed by atoms with Gasteiger partial charge in [0.05, 0.1) is 17.9 Å². The summed E-state index contributed by atoms with van der Waals surface area (Å²) in [6.07, 6.45) is 0.841. The topological polar surface area (TPSA) is 70.4 Å². The molecular formula is C17H20FN7. The molecule has 130 valence electrons. The van der Waals surface area contributed by atoms with Crippen LogP contribution >= 0.6 is 0 Å². The second-order valence-corrected chi connectivity index (χ2v) is 6.33. The third kappa shape index (κ3) is 3.00. The van der Waals surface area contributed by atoms with Gasteiger partial charge in [0.2, 0.25) is 0 Å². The van der Waals surface area contributed by atoms with Gasteiger partial charge in [0.15, 0.2) is 5.65 Å². The van der Waals surface area contributed by atoms with Crippen LogP contribution in [0.3, 0.4) is 0 Å². The molecule has 0 spiro atoms. The highest BCUT2D eigenvalue weighted by Gasteiger charge is 2.26. The van der Waals surface area contributed by atoms with Crippen molar-refractivity contribution in [3.8, 4) is 11.4 Å². The predicted molar refractivity (Wildman–Crippen MR) is 95.7 cm³/mol. The molecule has 4 heterocycles. The number of aromatic nitrogens is 4. The minimum absolute atomic E-state index is 0.261. The zero-order valence-corrected chi connectivity index (χ0v) is 14.1. The molecule has 4 rings (SSSR count). The van der Waals surface area contributed by atoms with Crippen molar-refractivity contribution in [2.45, 2.75) is 12.2 Å². The Morgan fingerprint density at radius 2 is 2.12 bits per heavy atom. The second-order valence-electron chi connectivity index (χ2n) is 6.33. The molecule has 1 fully saturated rings. The van der Waals surface area contributed by atoms with Crippen molar-refractivity contribution >= 4 is 17.3 Å². The molecular weight excluding hydrogens is 321 g/mol. The van der Waals surface area contributed by atoms with E-state index in [-0.39, 0.29) is 6.04 Å². The molecule has 0 bridgehead atoms. The number of nitrogens with zero attached hydrogens (tertiary/aromatic N) is 5. The number of pyridine rings is 1. The number of alkyl halides is 1. The van der Waals surface area contributed by atoms with E-state index in [2.05, 4.69) is 25.7 Å². The van der Waals surface area contributed by atoms with Crippen LogP contribution in [0.25, 0.3) is 17.0 Å². The van der Waals surface area contributed by atoms with Gasteiger partial charge < -0.3 is 15.5 Å². The van der Waals surface area contributed by atoms with Gasteiger partial charge in [-0.25, -0.2) is 18.9 Å². The van der Waals surface area contributed by atoms with Gasteiger partial charge in [-0.05, 0) is 24.3 Å². The summed E-state index contributed by atoms with van der Waals surface area (Å²) in [5.74, 6) is 1.48. The van der Waals surface area contributed by atoms with Crippen LogP contribution in [0, 0.1) is 0 Å². The summed E-state index contributed by atoms with van der Waals surface area (Å²) in [5, 5.41) is 10.8. The first kappa shape index (κ1) is 15.8. The summed E-state index contributed by atoms with van der Waals surface area (Å²) >= 11 is 0. The lowest BCUT2D eigenvalue weighted by atomic mass is 10.2. The van der Waals surface area contributed by atoms with E-state index in [1.165, 1.54) is 0 Å². The van der Waals surface area contributed by atoms with Crippen molar-refractivity contribution in [2.75, 3.05) is 37.4 Å². The van der Waals surface area contributed by atoms with Gasteiger partial charge in [0.1, 0.15) is 23.5 Å². The summed E-state index contributed by atoms with van der Waals surface area (Å²) < 4.78 is 15.6. The maximum atomic E-state index is 13.8. The fourth-order valence-electron chi connectivity index (χ4n) is 2.91. The summed E-state index contributed by atoms with van der Waals surface area (Å²) in [4.78, 5) is 10.9. The van der Waals surface area contributed by atoms with E-state index in [1.54, 1.807) is 10.7 Å². The molecule has 25 heavy (non-hydrogen) atoms. The molecule has 7 nitrogen and oxygen atoms in total. The average Bonchev–Trinajstić information content (AvgIpc) is 3.21. The van der Waals surface area contributed by atoms with Crippen molar-refractivity contribution in [3.05, 3.63) is 36.5 Å². The second kappa shape index (κ2) is 6.29. The molecule has 2 N–H and O–H groups in total. The highest BCUT2D eigenvalue weighted by molar-refractivity contribution is 5.62. The Kier molecular flexibility index (Phi) is 3.96. The standard InChI is InChI=1S/C17H20FN7/c1-24(2)17-7-6-16-20-10-14(25(16)23-17)12-4-3-5-15(21-12)22-13-9-19-8-11(13)18/h3-7,10-11,13,19H,8-9H2,1-2H3,(H,21,22)/t11-,13-/m0/s1. The Hall–Kier alpha value is -2.74. The minimum atomic E-state index is -0.912. The Labute approximate surface area is 144 Å². The maximum Gasteiger partial charge on any atom is 0.154 e. The number of imidazole rings is 1. The number of hydrogen-bond acceptors (Lipinski definition) is 6. The van der Waals surface area contributed by atoms with E-state index in [0.717, 1.165) is 22.9 Å². The number of anilines is 2. The van der Waals surface area contributed by atoms with E-state index in [1.807, 2.05) is 49.3 Å². The quantitative estimate of drug-likeness (QED) is 0.751. The zero-order valence-electron chi connectivity index (χ0n) is 14.1. The fraction of sp³-hybridized carbons (Fsp3) is 0.353. The molecule has 2 atom stereocenters. The van der Waals surface area contributed by atoms with E-state index < -0.39 is 6.17 Å². The Morgan fingerprint density at radius 3 is 2.88 bits per heavy atom. The monoisotopic (exact) mass is 341 g/mol. The highest BCUT2D eigenvalue weighted by atomic mass is 19.1. The molecule has 0 saturated carbocycles. The van der Waals surface area contributed by atoms with Crippen LogP contribution in [-0.2, 0) is 0 Å². The van der Waals surface area contributed by atoms with Crippen LogP contribution < -0.4 is 15.5 Å². The van der Waals surface area contributed by atoms with Gasteiger partial charge in [-0.1, -0.05) is 6.07 Å². The van der Waals surface area contributed by atoms with Gasteiger partial charge in [0, 0.05) is 27.2 Å². The first-order chi connectivity index (χ1) is 12.1. The van der Waals surface area contributed by atoms with Crippen LogP contribution in [0.4, 0.5) is 16.0 Å². The largest absolute Gasteiger partial charge is 0.363 e. The molecule has 0 unspecified atom stereocenters. The van der Waals surface area contributed by atoms with Gasteiger partial charge in [-0.2, -0.15) is 0 Å². The minimum Gasteiger partial charge on any atom is -0.363 e. The number of halogens is 1. The average molecular weight is 341 g/mol. The SMILES string of the molecule is CN(C)c1ccc2ncc(-c3cccc(N[C@H]4CNC[C@@H]4F)n3)n2n1. The number of rotatable bonds is 4. The molecule has 0 amide bonds. The van der Waals surface area contributed by atoms with Gasteiger partial charge in [-0.3, -0.25) is 0 Å². The van der Waals surface area contributed by atoms with Crippen LogP contribution in [0.2, 0.25) is 0 Å². The number of nitrogens with one attached hydrogen (secondary N) is 2. The molecule has 0 radical (unpaired) electrons. The lowest BCUT2D eigenvalue weighted by Crippen LogP contribution is -2.29. The summed E-state index contributed by atoms with van der Waals surface area (Å²) in [6.45, 7) is 0.971. The van der Waals surface area contributed by atoms with Crippen LogP contribution in [0.15, 0.2) is 36.5 Å². The lowest BCUT2D eigenvalue weighted by molar-refractivity contribution is 0.342. The fourth-order valence-corrected chi connectivity index (χ4v) is 2.91. The number of fused-ring (bicyclic) bond motifs is 1. The molecule has 1 aliphatic heterocycles. The summed E-state index contributed by atoms with van der Waals surface area (Å²) in [5.41, 5.74) is 2.29. The van der Waals surface area contributed by atoms with Crippen LogP contribution in [0.1, 0.15) is 0 Å². The lowest BCUT2D eigenvalue weighted by Gasteiger charge is -2.15. The van der Waals surface area contributed by atoms with Crippen molar-refractivity contribution in [2.24, 2.45) is 0 Å². The first-order valence-electron chi connectivity index (χ1n) is 8.23. The van der Waals surface area contributed by atoms with E-state index in [9.17, 15) is 4.39 Å². The maximum absolute atomic E-state index is 13.8. The van der Waals surface area contributed by atoms with Crippen molar-refractivity contribution in [3.63, 3.8) is 0 Å². The van der Waals surface area contributed by atoms with Crippen LogP contribution in [-0.4, -0.2) is 59.0 Å². The smallest absolute Gasteiger partial charge is 0.154 e. The summed E-state index contributed by atoms with van der Waals surface area (Å²) in [6, 6.07) is 9.23. The third-order valence-electron chi connectivity index (χ3n) is 4.29. The molecule has 3 aromatic heterocycles. The predicted octanol–water partition coefficient (Wildman–Crippen LogP) is 1.58. The normalized spacial score (nSPS) is 20.1. The van der Waals surface area contributed by atoms with E-state index >= 15 is 0 Å². The van der Waals surface area contributed by atoms with E-state index in [4.69, 9.17) is 0 Å². The first-order valence-corrected chi connectivity index (χ1v) is 8.23. The van der Waals surface area contributed by atoms with E-state index in [0.29, 0.717) is 18.9 Å². The third-order valence-corrected chi connectivity index (χ3v) is 4.29. The Balaban J connectivity index is 1.68. The molecule has 0 aromatic carbocycles. The highest BCUT2D eigenvalue weighted by Crippen LogP contribution is 2.22. The number of hydrogen-bond donors (Lipinski definition) is 2. The van der Waals surface area contributed by atoms with Crippen molar-refractivity contribution in [1.29, 1.82) is 0 Å². The Morgan fingerprint density at radius 1 is 1.24 bits per heavy atom. The summed E-state index contributed by atoms with van der Waals surface area (Å²) in [7, 11) is 3.88. The van der Waals surface area contributed by atoms with Gasteiger partial charge in [0.25, 0.3) is 0 Å². The van der Waals surface area contributed by atoms with Gasteiger partial charge >= 0.3 is 0 Å². The molecule has 1 aliphatic rings. The van der Waals surface area contributed by atoms with Crippen molar-refractivity contribution in [1.82, 2.24) is 24.9 Å². The van der Waals surface area contributed by atoms with Crippen molar-refractivity contribution < 1.29 is 4.39 Å². The Bertz CT molecular complexity index is 892. The molecule has 3 aromatic rings. The molecule has 8 heteroatoms. The van der Waals surface area contributed by atoms with Crippen LogP contribution in [0.5, 0.6) is 0 Å². The molecule has 0 aliphatic carbocycles.